The number of carbonyl (C=O) groups excluding carboxylic acids is 1. The second-order valence-corrected chi connectivity index (χ2v) is 4.22. The maximum absolute atomic E-state index is 11.5. The largest absolute Gasteiger partial charge is 0.483 e. The second kappa shape index (κ2) is 8.16. The molecule has 0 radical (unpaired) electrons. The summed E-state index contributed by atoms with van der Waals surface area (Å²) in [5.74, 6) is -0.866. The topological polar surface area (TPSA) is 84.9 Å². The molecule has 0 heterocycles. The smallest absolute Gasteiger partial charge is 0.336 e. The van der Waals surface area contributed by atoms with Gasteiger partial charge in [0.25, 0.3) is 5.91 Å². The molecule has 0 aliphatic rings. The molecule has 0 aliphatic carbocycles. The van der Waals surface area contributed by atoms with Crippen LogP contribution in [0, 0.1) is 6.92 Å². The molecule has 0 fully saturated rings. The standard InChI is InChI=1S/C14H19NO5/c1-10-11(14(17)18)5-3-6-12(10)20-9-13(16)15-7-4-8-19-2/h3,5-6H,4,7-9H2,1-2H3,(H,15,16)(H,17,18). The van der Waals surface area contributed by atoms with Crippen LogP contribution < -0.4 is 10.1 Å². The fourth-order valence-corrected chi connectivity index (χ4v) is 1.64. The molecule has 0 spiro atoms. The van der Waals surface area contributed by atoms with E-state index < -0.39 is 5.97 Å². The molecule has 1 amide bonds. The summed E-state index contributed by atoms with van der Waals surface area (Å²) in [7, 11) is 1.60. The molecule has 6 heteroatoms. The summed E-state index contributed by atoms with van der Waals surface area (Å²) in [5, 5.41) is 11.7. The van der Waals surface area contributed by atoms with E-state index in [1.165, 1.54) is 6.07 Å². The molecule has 2 N–H and O–H groups in total. The Hall–Kier alpha value is -2.08. The molecule has 1 aromatic rings. The summed E-state index contributed by atoms with van der Waals surface area (Å²) in [6, 6.07) is 4.72. The van der Waals surface area contributed by atoms with Gasteiger partial charge in [-0.05, 0) is 25.5 Å². The van der Waals surface area contributed by atoms with E-state index in [-0.39, 0.29) is 18.1 Å². The van der Waals surface area contributed by atoms with E-state index in [2.05, 4.69) is 5.32 Å². The van der Waals surface area contributed by atoms with Crippen LogP contribution in [0.15, 0.2) is 18.2 Å². The van der Waals surface area contributed by atoms with Gasteiger partial charge >= 0.3 is 5.97 Å². The van der Waals surface area contributed by atoms with Gasteiger partial charge < -0.3 is 19.9 Å². The summed E-state index contributed by atoms with van der Waals surface area (Å²) in [5.41, 5.74) is 0.676. The lowest BCUT2D eigenvalue weighted by molar-refractivity contribution is -0.123. The molecule has 0 aliphatic heterocycles. The van der Waals surface area contributed by atoms with Crippen LogP contribution in [0.4, 0.5) is 0 Å². The number of methoxy groups -OCH3 is 1. The number of benzene rings is 1. The molecule has 20 heavy (non-hydrogen) atoms. The maximum atomic E-state index is 11.5. The number of amides is 1. The zero-order valence-electron chi connectivity index (χ0n) is 11.6. The molecule has 0 unspecified atom stereocenters. The fraction of sp³-hybridized carbons (Fsp3) is 0.429. The highest BCUT2D eigenvalue weighted by molar-refractivity contribution is 5.90. The molecule has 1 rings (SSSR count). The molecule has 0 bridgehead atoms. The molecule has 110 valence electrons. The molecule has 0 aromatic heterocycles. The van der Waals surface area contributed by atoms with Crippen LogP contribution >= 0.6 is 0 Å². The van der Waals surface area contributed by atoms with Gasteiger partial charge in [-0.3, -0.25) is 4.79 Å². The van der Waals surface area contributed by atoms with Crippen molar-refractivity contribution in [3.05, 3.63) is 29.3 Å². The van der Waals surface area contributed by atoms with Gasteiger partial charge in [0.15, 0.2) is 6.61 Å². The summed E-state index contributed by atoms with van der Waals surface area (Å²) < 4.78 is 10.2. The van der Waals surface area contributed by atoms with Crippen LogP contribution in [-0.4, -0.2) is 43.9 Å². The predicted molar refractivity (Wildman–Crippen MR) is 73.1 cm³/mol. The Labute approximate surface area is 117 Å². The third-order valence-electron chi connectivity index (χ3n) is 2.72. The first-order valence-corrected chi connectivity index (χ1v) is 6.27. The quantitative estimate of drug-likeness (QED) is 0.700. The molecule has 0 atom stereocenters. The Bertz CT molecular complexity index is 473. The van der Waals surface area contributed by atoms with E-state index in [9.17, 15) is 9.59 Å². The highest BCUT2D eigenvalue weighted by Gasteiger charge is 2.11. The van der Waals surface area contributed by atoms with E-state index >= 15 is 0 Å². The van der Waals surface area contributed by atoms with Crippen molar-refractivity contribution in [1.29, 1.82) is 0 Å². The fourth-order valence-electron chi connectivity index (χ4n) is 1.64. The molecule has 1 aromatic carbocycles. The van der Waals surface area contributed by atoms with Crippen molar-refractivity contribution in [3.8, 4) is 5.75 Å². The highest BCUT2D eigenvalue weighted by Crippen LogP contribution is 2.21. The van der Waals surface area contributed by atoms with Crippen LogP contribution in [0.3, 0.4) is 0 Å². The van der Waals surface area contributed by atoms with E-state index in [1.54, 1.807) is 26.2 Å². The Balaban J connectivity index is 2.47. The van der Waals surface area contributed by atoms with Gasteiger partial charge in [-0.1, -0.05) is 6.07 Å². The number of carbonyl (C=O) groups is 2. The Morgan fingerprint density at radius 2 is 2.10 bits per heavy atom. The van der Waals surface area contributed by atoms with Gasteiger partial charge in [-0.25, -0.2) is 4.79 Å². The number of ether oxygens (including phenoxy) is 2. The van der Waals surface area contributed by atoms with Gasteiger partial charge in [0.05, 0.1) is 5.56 Å². The van der Waals surface area contributed by atoms with E-state index in [0.717, 1.165) is 6.42 Å². The van der Waals surface area contributed by atoms with Crippen LogP contribution in [-0.2, 0) is 9.53 Å². The molecule has 0 saturated carbocycles. The molecular formula is C14H19NO5. The minimum atomic E-state index is -1.02. The molecule has 6 nitrogen and oxygen atoms in total. The van der Waals surface area contributed by atoms with Gasteiger partial charge in [0.2, 0.25) is 0 Å². The number of carboxylic acids is 1. The summed E-state index contributed by atoms with van der Waals surface area (Å²) in [4.78, 5) is 22.5. The Kier molecular flexibility index (Phi) is 6.52. The van der Waals surface area contributed by atoms with Crippen molar-refractivity contribution in [1.82, 2.24) is 5.32 Å². The lowest BCUT2D eigenvalue weighted by Gasteiger charge is -2.11. The minimum Gasteiger partial charge on any atom is -0.483 e. The SMILES string of the molecule is COCCCNC(=O)COc1cccc(C(=O)O)c1C. The van der Waals surface area contributed by atoms with Crippen molar-refractivity contribution in [2.24, 2.45) is 0 Å². The average molecular weight is 281 g/mol. The first kappa shape index (κ1) is 16.0. The van der Waals surface area contributed by atoms with Crippen LogP contribution in [0.25, 0.3) is 0 Å². The predicted octanol–water partition coefficient (Wildman–Crippen LogP) is 1.22. The van der Waals surface area contributed by atoms with E-state index in [1.807, 2.05) is 0 Å². The van der Waals surface area contributed by atoms with Crippen molar-refractivity contribution in [2.45, 2.75) is 13.3 Å². The first-order valence-electron chi connectivity index (χ1n) is 6.27. The Morgan fingerprint density at radius 1 is 1.35 bits per heavy atom. The molecule has 0 saturated heterocycles. The van der Waals surface area contributed by atoms with Gasteiger partial charge in [0.1, 0.15) is 5.75 Å². The first-order chi connectivity index (χ1) is 9.56. The lowest BCUT2D eigenvalue weighted by Crippen LogP contribution is -2.30. The Morgan fingerprint density at radius 3 is 2.75 bits per heavy atom. The van der Waals surface area contributed by atoms with Crippen molar-refractivity contribution >= 4 is 11.9 Å². The average Bonchev–Trinajstić information content (AvgIpc) is 2.42. The van der Waals surface area contributed by atoms with Gasteiger partial charge in [-0.15, -0.1) is 0 Å². The number of hydrogen-bond acceptors (Lipinski definition) is 4. The van der Waals surface area contributed by atoms with Crippen molar-refractivity contribution in [3.63, 3.8) is 0 Å². The highest BCUT2D eigenvalue weighted by atomic mass is 16.5. The summed E-state index contributed by atoms with van der Waals surface area (Å²) in [6.07, 6.45) is 0.732. The monoisotopic (exact) mass is 281 g/mol. The number of nitrogens with one attached hydrogen (secondary N) is 1. The van der Waals surface area contributed by atoms with E-state index in [4.69, 9.17) is 14.6 Å². The zero-order valence-corrected chi connectivity index (χ0v) is 11.6. The van der Waals surface area contributed by atoms with Gasteiger partial charge in [0, 0.05) is 25.8 Å². The van der Waals surface area contributed by atoms with E-state index in [0.29, 0.717) is 24.5 Å². The van der Waals surface area contributed by atoms with Crippen LogP contribution in [0.5, 0.6) is 5.75 Å². The minimum absolute atomic E-state index is 0.142. The van der Waals surface area contributed by atoms with Gasteiger partial charge in [-0.2, -0.15) is 0 Å². The van der Waals surface area contributed by atoms with Crippen LogP contribution in [0.1, 0.15) is 22.3 Å². The normalized spacial score (nSPS) is 10.1. The third-order valence-corrected chi connectivity index (χ3v) is 2.72. The summed E-state index contributed by atoms with van der Waals surface area (Å²) >= 11 is 0. The number of rotatable bonds is 8. The summed E-state index contributed by atoms with van der Waals surface area (Å²) in [6.45, 7) is 2.61. The maximum Gasteiger partial charge on any atom is 0.336 e. The lowest BCUT2D eigenvalue weighted by atomic mass is 10.1. The number of carboxylic acid groups (broad SMARTS) is 1. The zero-order chi connectivity index (χ0) is 15.0. The van der Waals surface area contributed by atoms with Crippen molar-refractivity contribution in [2.75, 3.05) is 26.9 Å². The second-order valence-electron chi connectivity index (χ2n) is 4.22. The third kappa shape index (κ3) is 4.89. The molecular weight excluding hydrogens is 262 g/mol. The number of aromatic carboxylic acids is 1. The van der Waals surface area contributed by atoms with Crippen LogP contribution in [0.2, 0.25) is 0 Å². The number of hydrogen-bond donors (Lipinski definition) is 2. The van der Waals surface area contributed by atoms with Crippen molar-refractivity contribution < 1.29 is 24.2 Å².